The highest BCUT2D eigenvalue weighted by Gasteiger charge is 2.32. The van der Waals surface area contributed by atoms with Crippen LogP contribution in [-0.4, -0.2) is 25.0 Å². The monoisotopic (exact) mass is 523 g/mol. The van der Waals surface area contributed by atoms with Crippen molar-refractivity contribution in [3.8, 4) is 17.6 Å². The van der Waals surface area contributed by atoms with Crippen molar-refractivity contribution in [2.24, 2.45) is 20.0 Å². The predicted molar refractivity (Wildman–Crippen MR) is 131 cm³/mol. The van der Waals surface area contributed by atoms with Crippen LogP contribution in [0.1, 0.15) is 24.0 Å². The number of imidazole rings is 1. The quantitative estimate of drug-likeness (QED) is 0.383. The summed E-state index contributed by atoms with van der Waals surface area (Å²) in [5.41, 5.74) is -1.08. The Morgan fingerprint density at radius 3 is 2.68 bits per heavy atom. The number of fused-ring (bicyclic) bond motifs is 1. The molecule has 0 saturated heterocycles. The molecule has 1 saturated carbocycles. The van der Waals surface area contributed by atoms with Crippen molar-refractivity contribution in [1.82, 2.24) is 19.1 Å². The predicted octanol–water partition coefficient (Wildman–Crippen LogP) is 4.44. The van der Waals surface area contributed by atoms with Gasteiger partial charge in [0.1, 0.15) is 28.6 Å². The van der Waals surface area contributed by atoms with E-state index in [1.54, 1.807) is 24.3 Å². The summed E-state index contributed by atoms with van der Waals surface area (Å²) in [4.78, 5) is 33.0. The van der Waals surface area contributed by atoms with Crippen molar-refractivity contribution in [2.75, 3.05) is 10.6 Å². The van der Waals surface area contributed by atoms with Crippen LogP contribution in [0.4, 0.5) is 30.5 Å². The highest BCUT2D eigenvalue weighted by molar-refractivity contribution is 5.94. The van der Waals surface area contributed by atoms with E-state index in [1.165, 1.54) is 24.9 Å². The van der Waals surface area contributed by atoms with Gasteiger partial charge in [-0.05, 0) is 31.0 Å². The van der Waals surface area contributed by atoms with E-state index in [9.17, 15) is 28.0 Å². The molecule has 3 heterocycles. The average Bonchev–Trinajstić information content (AvgIpc) is 3.67. The summed E-state index contributed by atoms with van der Waals surface area (Å²) in [6, 6.07) is 9.43. The van der Waals surface area contributed by atoms with Gasteiger partial charge >= 0.3 is 6.18 Å². The maximum absolute atomic E-state index is 13.3. The fraction of sp³-hybridized carbons (Fsp3) is 0.240. The van der Waals surface area contributed by atoms with E-state index in [4.69, 9.17) is 4.74 Å². The van der Waals surface area contributed by atoms with Crippen molar-refractivity contribution in [1.29, 1.82) is 5.26 Å². The first-order valence-electron chi connectivity index (χ1n) is 11.4. The summed E-state index contributed by atoms with van der Waals surface area (Å²) in [5.74, 6) is 0.426. The van der Waals surface area contributed by atoms with Gasteiger partial charge in [-0.1, -0.05) is 6.07 Å². The molecule has 0 unspecified atom stereocenters. The van der Waals surface area contributed by atoms with Gasteiger partial charge in [0.25, 0.3) is 5.56 Å². The number of ether oxygens (including phenoxy) is 1. The Balaban J connectivity index is 1.48. The molecule has 10 nitrogen and oxygen atoms in total. The van der Waals surface area contributed by atoms with Gasteiger partial charge in [-0.15, -0.1) is 0 Å². The zero-order valence-electron chi connectivity index (χ0n) is 20.1. The largest absolute Gasteiger partial charge is 0.454 e. The van der Waals surface area contributed by atoms with E-state index < -0.39 is 17.3 Å². The Hall–Kier alpha value is -4.86. The second-order valence-corrected chi connectivity index (χ2v) is 8.85. The molecule has 2 N–H and O–H groups in total. The van der Waals surface area contributed by atoms with Crippen molar-refractivity contribution in [2.45, 2.75) is 19.0 Å². The third-order valence-corrected chi connectivity index (χ3v) is 6.01. The number of amides is 1. The first-order valence-corrected chi connectivity index (χ1v) is 11.4. The lowest BCUT2D eigenvalue weighted by Crippen LogP contribution is -2.23. The Morgan fingerprint density at radius 2 is 2.00 bits per heavy atom. The molecule has 1 amide bonds. The summed E-state index contributed by atoms with van der Waals surface area (Å²) < 4.78 is 47.9. The first kappa shape index (κ1) is 24.8. The molecule has 3 aromatic heterocycles. The van der Waals surface area contributed by atoms with Crippen LogP contribution in [0, 0.1) is 17.2 Å². The van der Waals surface area contributed by atoms with Crippen LogP contribution in [0.5, 0.6) is 11.5 Å². The molecule has 1 aromatic carbocycles. The van der Waals surface area contributed by atoms with Gasteiger partial charge in [0.05, 0.1) is 11.8 Å². The standard InChI is InChI=1S/C25H20F3N7O3/c1-34-12-14(25(26,27)28)8-18(23(34)37)32-24-33-21-20(35(24)2)17(10-29)19(11-30-21)38-16-5-3-4-15(9-16)31-22(36)13-6-7-13/h3-5,8-9,11-13H,6-7H2,1-2H3,(H,31,36)(H,30,32,33). The third kappa shape index (κ3) is 4.75. The van der Waals surface area contributed by atoms with Crippen LogP contribution in [0.2, 0.25) is 0 Å². The molecule has 5 rings (SSSR count). The number of carbonyl (C=O) groups excluding carboxylic acids is 1. The van der Waals surface area contributed by atoms with Crippen molar-refractivity contribution >= 4 is 34.4 Å². The minimum absolute atomic E-state index is 0.00219. The van der Waals surface area contributed by atoms with Crippen LogP contribution in [-0.2, 0) is 25.1 Å². The molecule has 0 bridgehead atoms. The zero-order chi connectivity index (χ0) is 27.2. The van der Waals surface area contributed by atoms with E-state index in [0.717, 1.165) is 17.4 Å². The molecule has 1 aliphatic carbocycles. The molecule has 4 aromatic rings. The molecule has 1 fully saturated rings. The summed E-state index contributed by atoms with van der Waals surface area (Å²) in [6.07, 6.45) is -0.926. The van der Waals surface area contributed by atoms with Crippen molar-refractivity contribution in [3.05, 3.63) is 64.2 Å². The lowest BCUT2D eigenvalue weighted by Gasteiger charge is -2.12. The van der Waals surface area contributed by atoms with Crippen LogP contribution in [0.25, 0.3) is 11.2 Å². The Bertz CT molecular complexity index is 1680. The molecule has 13 heteroatoms. The summed E-state index contributed by atoms with van der Waals surface area (Å²) >= 11 is 0. The van der Waals surface area contributed by atoms with Crippen LogP contribution < -0.4 is 20.9 Å². The van der Waals surface area contributed by atoms with Crippen LogP contribution in [0.15, 0.2) is 47.5 Å². The maximum atomic E-state index is 13.3. The number of rotatable bonds is 6. The van der Waals surface area contributed by atoms with E-state index in [-0.39, 0.29) is 45.9 Å². The number of aryl methyl sites for hydroxylation is 2. The van der Waals surface area contributed by atoms with Gasteiger partial charge in [0, 0.05) is 38.0 Å². The van der Waals surface area contributed by atoms with Crippen molar-refractivity contribution in [3.63, 3.8) is 0 Å². The van der Waals surface area contributed by atoms with E-state index in [2.05, 4.69) is 26.7 Å². The number of aromatic nitrogens is 4. The molecule has 1 aliphatic rings. The number of benzene rings is 1. The molecule has 0 radical (unpaired) electrons. The van der Waals surface area contributed by atoms with E-state index >= 15 is 0 Å². The SMILES string of the molecule is Cn1cc(C(F)(F)F)cc(Nc2nc3ncc(Oc4cccc(NC(=O)C5CC5)c4)c(C#N)c3n2C)c1=O. The van der Waals surface area contributed by atoms with Gasteiger partial charge in [-0.2, -0.15) is 23.4 Å². The first-order chi connectivity index (χ1) is 18.0. The summed E-state index contributed by atoms with van der Waals surface area (Å²) in [7, 11) is 2.74. The average molecular weight is 523 g/mol. The van der Waals surface area contributed by atoms with Crippen LogP contribution in [0.3, 0.4) is 0 Å². The number of nitrogens with one attached hydrogen (secondary N) is 2. The van der Waals surface area contributed by atoms with Gasteiger partial charge < -0.3 is 24.5 Å². The second kappa shape index (κ2) is 9.22. The lowest BCUT2D eigenvalue weighted by atomic mass is 10.2. The highest BCUT2D eigenvalue weighted by Crippen LogP contribution is 2.34. The number of pyridine rings is 2. The number of hydrogen-bond acceptors (Lipinski definition) is 7. The Labute approximate surface area is 213 Å². The molecule has 194 valence electrons. The second-order valence-electron chi connectivity index (χ2n) is 8.85. The number of nitriles is 1. The molecule has 38 heavy (non-hydrogen) atoms. The number of nitrogens with zero attached hydrogens (tertiary/aromatic N) is 5. The van der Waals surface area contributed by atoms with Gasteiger partial charge in [0.2, 0.25) is 11.9 Å². The minimum atomic E-state index is -4.66. The Morgan fingerprint density at radius 1 is 1.24 bits per heavy atom. The number of carbonyl (C=O) groups is 1. The van der Waals surface area contributed by atoms with Gasteiger partial charge in [-0.3, -0.25) is 9.59 Å². The molecule has 0 spiro atoms. The fourth-order valence-corrected chi connectivity index (χ4v) is 3.88. The number of anilines is 3. The summed E-state index contributed by atoms with van der Waals surface area (Å²) in [5, 5.41) is 15.4. The van der Waals surface area contributed by atoms with Crippen molar-refractivity contribution < 1.29 is 22.7 Å². The fourth-order valence-electron chi connectivity index (χ4n) is 3.88. The normalized spacial score (nSPS) is 13.3. The molecule has 0 aliphatic heterocycles. The van der Waals surface area contributed by atoms with E-state index in [0.29, 0.717) is 23.7 Å². The molecule has 0 atom stereocenters. The van der Waals surface area contributed by atoms with Crippen LogP contribution >= 0.6 is 0 Å². The zero-order valence-corrected chi connectivity index (χ0v) is 20.1. The highest BCUT2D eigenvalue weighted by atomic mass is 19.4. The molecular weight excluding hydrogens is 503 g/mol. The molecular formula is C25H20F3N7O3. The smallest absolute Gasteiger partial charge is 0.417 e. The summed E-state index contributed by atoms with van der Waals surface area (Å²) in [6.45, 7) is 0. The Kier molecular flexibility index (Phi) is 6.02. The topological polar surface area (TPSA) is 127 Å². The third-order valence-electron chi connectivity index (χ3n) is 6.01. The number of alkyl halides is 3. The van der Waals surface area contributed by atoms with Gasteiger partial charge in [-0.25, -0.2) is 4.98 Å². The number of hydrogen-bond donors (Lipinski definition) is 2. The maximum Gasteiger partial charge on any atom is 0.417 e. The minimum Gasteiger partial charge on any atom is -0.454 e. The number of halogens is 3. The van der Waals surface area contributed by atoms with Gasteiger partial charge in [0.15, 0.2) is 11.4 Å². The van der Waals surface area contributed by atoms with E-state index in [1.807, 2.05) is 0 Å². The lowest BCUT2D eigenvalue weighted by molar-refractivity contribution is -0.138.